The van der Waals surface area contributed by atoms with E-state index in [9.17, 15) is 5.26 Å². The molecule has 0 bridgehead atoms. The Morgan fingerprint density at radius 1 is 1.00 bits per heavy atom. The van der Waals surface area contributed by atoms with E-state index in [2.05, 4.69) is 23.5 Å². The molecule has 3 heteroatoms. The molecule has 0 saturated heterocycles. The summed E-state index contributed by atoms with van der Waals surface area (Å²) in [6, 6.07) is 24.4. The van der Waals surface area contributed by atoms with Gasteiger partial charge in [0.05, 0.1) is 11.6 Å². The second-order valence-electron chi connectivity index (χ2n) is 6.14. The third-order valence-corrected chi connectivity index (χ3v) is 4.48. The van der Waals surface area contributed by atoms with Gasteiger partial charge in [-0.25, -0.2) is 0 Å². The molecular weight excluding hydrogens is 308 g/mol. The van der Waals surface area contributed by atoms with Gasteiger partial charge in [0, 0.05) is 12.2 Å². The van der Waals surface area contributed by atoms with E-state index in [4.69, 9.17) is 4.74 Å². The van der Waals surface area contributed by atoms with Crippen LogP contribution in [0, 0.1) is 11.3 Å². The van der Waals surface area contributed by atoms with Gasteiger partial charge in [0.15, 0.2) is 0 Å². The van der Waals surface area contributed by atoms with Gasteiger partial charge in [0.25, 0.3) is 0 Å². The second kappa shape index (κ2) is 6.70. The maximum Gasteiger partial charge on any atom is 0.120 e. The second-order valence-corrected chi connectivity index (χ2v) is 6.14. The standard InChI is InChI=1S/C22H18N2O/c23-14-19-12-16(6-8-21(19)17-4-2-1-3-5-17)15-25-20-7-9-22-18(13-20)10-11-24-22/h1-9,12-13,24H,10-11,15H2. The van der Waals surface area contributed by atoms with E-state index in [1.807, 2.05) is 54.6 Å². The Bertz CT molecular complexity index is 942. The van der Waals surface area contributed by atoms with Crippen molar-refractivity contribution in [2.75, 3.05) is 11.9 Å². The van der Waals surface area contributed by atoms with Crippen molar-refractivity contribution in [3.05, 3.63) is 83.4 Å². The molecule has 1 N–H and O–H groups in total. The molecule has 0 aliphatic carbocycles. The van der Waals surface area contributed by atoms with Gasteiger partial charge in [-0.1, -0.05) is 42.5 Å². The fourth-order valence-corrected chi connectivity index (χ4v) is 3.18. The molecule has 122 valence electrons. The number of rotatable bonds is 4. The Morgan fingerprint density at radius 2 is 1.88 bits per heavy atom. The lowest BCUT2D eigenvalue weighted by atomic mass is 9.98. The molecular formula is C22H18N2O. The Hall–Kier alpha value is -3.25. The van der Waals surface area contributed by atoms with Gasteiger partial charge in [-0.15, -0.1) is 0 Å². The van der Waals surface area contributed by atoms with Crippen LogP contribution in [0.4, 0.5) is 5.69 Å². The number of anilines is 1. The normalized spacial score (nSPS) is 12.1. The fraction of sp³-hybridized carbons (Fsp3) is 0.136. The predicted octanol–water partition coefficient (Wildman–Crippen LogP) is 4.77. The zero-order valence-electron chi connectivity index (χ0n) is 13.8. The van der Waals surface area contributed by atoms with Crippen molar-refractivity contribution < 1.29 is 4.74 Å². The maximum atomic E-state index is 9.50. The highest BCUT2D eigenvalue weighted by molar-refractivity contribution is 5.70. The monoisotopic (exact) mass is 326 g/mol. The third-order valence-electron chi connectivity index (χ3n) is 4.48. The van der Waals surface area contributed by atoms with Crippen molar-refractivity contribution in [1.82, 2.24) is 0 Å². The Morgan fingerprint density at radius 3 is 2.72 bits per heavy atom. The number of nitrogens with one attached hydrogen (secondary N) is 1. The van der Waals surface area contributed by atoms with Crippen molar-refractivity contribution in [2.24, 2.45) is 0 Å². The fourth-order valence-electron chi connectivity index (χ4n) is 3.18. The van der Waals surface area contributed by atoms with Gasteiger partial charge in [-0.3, -0.25) is 0 Å². The summed E-state index contributed by atoms with van der Waals surface area (Å²) < 4.78 is 5.93. The average Bonchev–Trinajstić information content (AvgIpc) is 3.14. The van der Waals surface area contributed by atoms with E-state index in [-0.39, 0.29) is 0 Å². The van der Waals surface area contributed by atoms with E-state index in [1.54, 1.807) is 0 Å². The number of ether oxygens (including phenoxy) is 1. The van der Waals surface area contributed by atoms with Gasteiger partial charge in [0.1, 0.15) is 12.4 Å². The van der Waals surface area contributed by atoms with Crippen LogP contribution in [0.15, 0.2) is 66.7 Å². The van der Waals surface area contributed by atoms with Crippen LogP contribution in [0.2, 0.25) is 0 Å². The minimum absolute atomic E-state index is 0.454. The molecule has 3 aromatic rings. The summed E-state index contributed by atoms with van der Waals surface area (Å²) in [5.74, 6) is 0.869. The predicted molar refractivity (Wildman–Crippen MR) is 99.6 cm³/mol. The number of fused-ring (bicyclic) bond motifs is 1. The number of nitrogens with zero attached hydrogens (tertiary/aromatic N) is 1. The molecule has 1 heterocycles. The summed E-state index contributed by atoms with van der Waals surface area (Å²) in [4.78, 5) is 0. The van der Waals surface area contributed by atoms with E-state index in [1.165, 1.54) is 11.3 Å². The van der Waals surface area contributed by atoms with Crippen LogP contribution >= 0.6 is 0 Å². The number of hydrogen-bond acceptors (Lipinski definition) is 3. The molecule has 3 nitrogen and oxygen atoms in total. The Balaban J connectivity index is 1.53. The van der Waals surface area contributed by atoms with E-state index < -0.39 is 0 Å². The van der Waals surface area contributed by atoms with Gasteiger partial charge < -0.3 is 10.1 Å². The van der Waals surface area contributed by atoms with Gasteiger partial charge in [-0.05, 0) is 52.9 Å². The topological polar surface area (TPSA) is 45.0 Å². The van der Waals surface area contributed by atoms with Gasteiger partial charge >= 0.3 is 0 Å². The smallest absolute Gasteiger partial charge is 0.120 e. The molecule has 0 unspecified atom stereocenters. The van der Waals surface area contributed by atoms with Crippen LogP contribution in [0.25, 0.3) is 11.1 Å². The van der Waals surface area contributed by atoms with Crippen molar-refractivity contribution in [3.63, 3.8) is 0 Å². The van der Waals surface area contributed by atoms with Crippen LogP contribution in [-0.4, -0.2) is 6.54 Å². The molecule has 0 amide bonds. The van der Waals surface area contributed by atoms with E-state index >= 15 is 0 Å². The molecule has 0 fully saturated rings. The molecule has 0 radical (unpaired) electrons. The third kappa shape index (κ3) is 3.20. The van der Waals surface area contributed by atoms with Gasteiger partial charge in [0.2, 0.25) is 0 Å². The molecule has 0 saturated carbocycles. The minimum atomic E-state index is 0.454. The van der Waals surface area contributed by atoms with Crippen molar-refractivity contribution in [2.45, 2.75) is 13.0 Å². The highest BCUT2D eigenvalue weighted by Gasteiger charge is 2.11. The lowest BCUT2D eigenvalue weighted by Gasteiger charge is -2.10. The highest BCUT2D eigenvalue weighted by atomic mass is 16.5. The lowest BCUT2D eigenvalue weighted by molar-refractivity contribution is 0.306. The Kier molecular flexibility index (Phi) is 4.10. The van der Waals surface area contributed by atoms with Crippen LogP contribution in [0.1, 0.15) is 16.7 Å². The van der Waals surface area contributed by atoms with Crippen LogP contribution in [-0.2, 0) is 13.0 Å². The zero-order valence-corrected chi connectivity index (χ0v) is 13.8. The molecule has 0 atom stereocenters. The quantitative estimate of drug-likeness (QED) is 0.751. The van der Waals surface area contributed by atoms with E-state index in [0.29, 0.717) is 12.2 Å². The van der Waals surface area contributed by atoms with E-state index in [0.717, 1.165) is 35.4 Å². The number of nitriles is 1. The maximum absolute atomic E-state index is 9.50. The summed E-state index contributed by atoms with van der Waals surface area (Å²) in [6.45, 7) is 1.45. The molecule has 1 aliphatic heterocycles. The van der Waals surface area contributed by atoms with Crippen molar-refractivity contribution in [3.8, 4) is 22.9 Å². The largest absolute Gasteiger partial charge is 0.489 e. The number of hydrogen-bond donors (Lipinski definition) is 1. The summed E-state index contributed by atoms with van der Waals surface area (Å²) >= 11 is 0. The summed E-state index contributed by atoms with van der Waals surface area (Å²) in [6.07, 6.45) is 1.04. The SMILES string of the molecule is N#Cc1cc(COc2ccc3c(c2)CCN3)ccc1-c1ccccc1. The number of benzene rings is 3. The van der Waals surface area contributed by atoms with Crippen LogP contribution in [0.5, 0.6) is 5.75 Å². The summed E-state index contributed by atoms with van der Waals surface area (Å²) in [5, 5.41) is 12.8. The first kappa shape index (κ1) is 15.3. The van der Waals surface area contributed by atoms with Gasteiger partial charge in [-0.2, -0.15) is 5.26 Å². The molecule has 3 aromatic carbocycles. The Labute approximate surface area is 147 Å². The first-order chi connectivity index (χ1) is 12.3. The first-order valence-corrected chi connectivity index (χ1v) is 8.41. The van der Waals surface area contributed by atoms with Crippen molar-refractivity contribution >= 4 is 5.69 Å². The first-order valence-electron chi connectivity index (χ1n) is 8.41. The molecule has 25 heavy (non-hydrogen) atoms. The highest BCUT2D eigenvalue weighted by Crippen LogP contribution is 2.28. The molecule has 4 rings (SSSR count). The zero-order chi connectivity index (χ0) is 17.1. The average molecular weight is 326 g/mol. The summed E-state index contributed by atoms with van der Waals surface area (Å²) in [5.41, 5.74) is 6.18. The molecule has 0 aromatic heterocycles. The lowest BCUT2D eigenvalue weighted by Crippen LogP contribution is -1.97. The molecule has 1 aliphatic rings. The minimum Gasteiger partial charge on any atom is -0.489 e. The van der Waals surface area contributed by atoms with Crippen LogP contribution < -0.4 is 10.1 Å². The van der Waals surface area contributed by atoms with Crippen LogP contribution in [0.3, 0.4) is 0 Å². The molecule has 0 spiro atoms. The van der Waals surface area contributed by atoms with Crippen molar-refractivity contribution in [1.29, 1.82) is 5.26 Å². The summed E-state index contributed by atoms with van der Waals surface area (Å²) in [7, 11) is 0.